The molecule has 9 heteroatoms. The Morgan fingerprint density at radius 1 is 1.44 bits per heavy atom. The largest absolute Gasteiger partial charge is 0.444 e. The smallest absolute Gasteiger partial charge is 0.338 e. The van der Waals surface area contributed by atoms with Crippen molar-refractivity contribution in [2.75, 3.05) is 0 Å². The quantitative estimate of drug-likeness (QED) is 0.455. The zero-order valence-electron chi connectivity index (χ0n) is 7.22. The molecule has 0 aliphatic carbocycles. The van der Waals surface area contributed by atoms with Crippen LogP contribution in [0.4, 0.5) is 10.1 Å². The van der Waals surface area contributed by atoms with Gasteiger partial charge in [-0.05, 0) is 56.8 Å². The molecule has 0 saturated heterocycles. The second-order valence-electron chi connectivity index (χ2n) is 2.54. The van der Waals surface area contributed by atoms with Crippen molar-refractivity contribution < 1.29 is 14.1 Å². The van der Waals surface area contributed by atoms with Crippen LogP contribution in [0.3, 0.4) is 0 Å². The lowest BCUT2D eigenvalue weighted by molar-refractivity contribution is -0.387. The Hall–Kier alpha value is -0.300. The summed E-state index contributed by atoms with van der Waals surface area (Å²) in [7, 11) is 0. The minimum absolute atomic E-state index is 0.0990. The molecule has 0 bridgehead atoms. The van der Waals surface area contributed by atoms with Crippen molar-refractivity contribution in [2.24, 2.45) is 0 Å². The number of benzene rings is 1. The summed E-state index contributed by atoms with van der Waals surface area (Å²) in [4.78, 5) is 9.54. The Kier molecular flexibility index (Phi) is 4.23. The molecule has 16 heavy (non-hydrogen) atoms. The van der Waals surface area contributed by atoms with Gasteiger partial charge in [-0.25, -0.2) is 0 Å². The van der Waals surface area contributed by atoms with Crippen molar-refractivity contribution in [1.82, 2.24) is 0 Å². The topological polar surface area (TPSA) is 52.4 Å². The van der Waals surface area contributed by atoms with Crippen molar-refractivity contribution in [1.29, 1.82) is 0 Å². The molecule has 0 fully saturated rings. The lowest BCUT2D eigenvalue weighted by atomic mass is 10.3. The molecule has 0 N–H and O–H groups in total. The molecule has 0 atom stereocenters. The predicted molar refractivity (Wildman–Crippen MR) is 61.7 cm³/mol. The maximum absolute atomic E-state index is 13.1. The van der Waals surface area contributed by atoms with Crippen LogP contribution in [0.15, 0.2) is 16.6 Å². The Bertz CT molecular complexity index is 438. The molecular formula is C7H2BrCl3FNO3. The number of nitrogens with zero attached hydrogens (tertiary/aromatic N) is 1. The van der Waals surface area contributed by atoms with Crippen LogP contribution in [0.25, 0.3) is 0 Å². The zero-order chi connectivity index (χ0) is 12.5. The number of ether oxygens (including phenoxy) is 1. The van der Waals surface area contributed by atoms with Crippen LogP contribution in [-0.2, 0) is 0 Å². The SMILES string of the molecule is O=[N+]([O-])c1cc(OC(Cl)(Cl)Cl)c(Br)cc1F. The number of halogens is 5. The van der Waals surface area contributed by atoms with Gasteiger partial charge < -0.3 is 4.74 Å². The predicted octanol–water partition coefficient (Wildman–Crippen LogP) is 4.20. The fourth-order valence-electron chi connectivity index (χ4n) is 0.861. The van der Waals surface area contributed by atoms with Gasteiger partial charge in [-0.2, -0.15) is 4.39 Å². The highest BCUT2D eigenvalue weighted by atomic mass is 79.9. The molecule has 4 nitrogen and oxygen atoms in total. The lowest BCUT2D eigenvalue weighted by Crippen LogP contribution is -2.13. The number of nitro benzene ring substituents is 1. The monoisotopic (exact) mass is 351 g/mol. The van der Waals surface area contributed by atoms with E-state index in [9.17, 15) is 14.5 Å². The third kappa shape index (κ3) is 3.62. The molecule has 0 aromatic heterocycles. The Labute approximate surface area is 113 Å². The van der Waals surface area contributed by atoms with Crippen LogP contribution in [-0.4, -0.2) is 8.90 Å². The number of nitro groups is 1. The van der Waals surface area contributed by atoms with E-state index in [4.69, 9.17) is 39.5 Å². The molecule has 0 saturated carbocycles. The van der Waals surface area contributed by atoms with Crippen LogP contribution >= 0.6 is 50.7 Å². The molecule has 1 aromatic rings. The summed E-state index contributed by atoms with van der Waals surface area (Å²) in [5.41, 5.74) is -0.771. The van der Waals surface area contributed by atoms with Gasteiger partial charge in [0, 0.05) is 0 Å². The molecule has 0 spiro atoms. The molecule has 0 aliphatic rings. The third-order valence-electron chi connectivity index (χ3n) is 1.42. The fourth-order valence-corrected chi connectivity index (χ4v) is 1.51. The van der Waals surface area contributed by atoms with Crippen LogP contribution < -0.4 is 4.74 Å². The summed E-state index contributed by atoms with van der Waals surface area (Å²) < 4.78 is 15.9. The van der Waals surface area contributed by atoms with Crippen molar-refractivity contribution in [3.63, 3.8) is 0 Å². The number of alkyl halides is 3. The summed E-state index contributed by atoms with van der Waals surface area (Å²) in [6.45, 7) is 0. The third-order valence-corrected chi connectivity index (χ3v) is 2.27. The maximum Gasteiger partial charge on any atom is 0.338 e. The van der Waals surface area contributed by atoms with E-state index in [1.165, 1.54) is 0 Å². The van der Waals surface area contributed by atoms with Crippen LogP contribution in [0.5, 0.6) is 5.75 Å². The van der Waals surface area contributed by atoms with Gasteiger partial charge in [-0.3, -0.25) is 10.1 Å². The van der Waals surface area contributed by atoms with Crippen molar-refractivity contribution in [3.05, 3.63) is 32.5 Å². The van der Waals surface area contributed by atoms with Gasteiger partial charge in [0.25, 0.3) is 0 Å². The highest BCUT2D eigenvalue weighted by molar-refractivity contribution is 9.10. The van der Waals surface area contributed by atoms with E-state index in [1.807, 2.05) is 0 Å². The van der Waals surface area contributed by atoms with E-state index in [2.05, 4.69) is 15.9 Å². The van der Waals surface area contributed by atoms with Gasteiger partial charge >= 0.3 is 9.67 Å². The Balaban J connectivity index is 3.20. The molecule has 88 valence electrons. The van der Waals surface area contributed by atoms with Gasteiger partial charge in [-0.15, -0.1) is 0 Å². The first-order valence-electron chi connectivity index (χ1n) is 3.60. The standard InChI is InChI=1S/C7H2BrCl3FNO3/c8-3-1-4(12)5(13(14)15)2-6(3)16-7(9,10)11/h1-2H. The van der Waals surface area contributed by atoms with Crippen molar-refractivity contribution in [2.45, 2.75) is 3.98 Å². The fraction of sp³-hybridized carbons (Fsp3) is 0.143. The average Bonchev–Trinajstić information content (AvgIpc) is 2.07. The summed E-state index contributed by atoms with van der Waals surface area (Å²) >= 11 is 18.9. The highest BCUT2D eigenvalue weighted by Crippen LogP contribution is 2.37. The molecule has 0 radical (unpaired) electrons. The second kappa shape index (κ2) is 4.91. The molecule has 0 unspecified atom stereocenters. The van der Waals surface area contributed by atoms with E-state index in [0.29, 0.717) is 0 Å². The first-order valence-corrected chi connectivity index (χ1v) is 5.52. The zero-order valence-corrected chi connectivity index (χ0v) is 11.1. The molecule has 0 heterocycles. The molecule has 0 amide bonds. The second-order valence-corrected chi connectivity index (χ2v) is 5.57. The first kappa shape index (κ1) is 13.8. The summed E-state index contributed by atoms with van der Waals surface area (Å²) in [5.74, 6) is -1.17. The van der Waals surface area contributed by atoms with Crippen LogP contribution in [0, 0.1) is 15.9 Å². The van der Waals surface area contributed by atoms with Gasteiger partial charge in [-0.1, -0.05) is 0 Å². The lowest BCUT2D eigenvalue weighted by Gasteiger charge is -2.14. The average molecular weight is 353 g/mol. The maximum atomic E-state index is 13.1. The minimum atomic E-state index is -2.09. The summed E-state index contributed by atoms with van der Waals surface area (Å²) in [6, 6.07) is 1.67. The Morgan fingerprint density at radius 3 is 2.44 bits per heavy atom. The van der Waals surface area contributed by atoms with Crippen LogP contribution in [0.2, 0.25) is 0 Å². The van der Waals surface area contributed by atoms with Crippen molar-refractivity contribution >= 4 is 56.4 Å². The molecule has 0 aliphatic heterocycles. The van der Waals surface area contributed by atoms with Gasteiger partial charge in [0.05, 0.1) is 15.5 Å². The molecule has 1 aromatic carbocycles. The minimum Gasteiger partial charge on any atom is -0.444 e. The highest BCUT2D eigenvalue weighted by Gasteiger charge is 2.26. The van der Waals surface area contributed by atoms with E-state index in [-0.39, 0.29) is 10.2 Å². The number of hydrogen-bond acceptors (Lipinski definition) is 3. The van der Waals surface area contributed by atoms with E-state index in [1.54, 1.807) is 0 Å². The molecular weight excluding hydrogens is 351 g/mol. The normalized spacial score (nSPS) is 11.3. The van der Waals surface area contributed by atoms with E-state index in [0.717, 1.165) is 12.1 Å². The van der Waals surface area contributed by atoms with Gasteiger partial charge in [0.1, 0.15) is 5.75 Å². The van der Waals surface area contributed by atoms with E-state index < -0.39 is 20.4 Å². The summed E-state index contributed by atoms with van der Waals surface area (Å²) in [5, 5.41) is 10.4. The van der Waals surface area contributed by atoms with Gasteiger partial charge in [0.15, 0.2) is 0 Å². The van der Waals surface area contributed by atoms with E-state index >= 15 is 0 Å². The van der Waals surface area contributed by atoms with Crippen molar-refractivity contribution in [3.8, 4) is 5.75 Å². The number of hydrogen-bond donors (Lipinski definition) is 0. The van der Waals surface area contributed by atoms with Gasteiger partial charge in [0.2, 0.25) is 5.82 Å². The summed E-state index contributed by atoms with van der Waals surface area (Å²) in [6.07, 6.45) is 0. The van der Waals surface area contributed by atoms with Crippen LogP contribution in [0.1, 0.15) is 0 Å². The number of rotatable bonds is 2. The molecule has 1 rings (SSSR count). The first-order chi connectivity index (χ1) is 7.20. The Morgan fingerprint density at radius 2 is 2.00 bits per heavy atom.